The molecule has 5 aromatic heterocycles. The van der Waals surface area contributed by atoms with Gasteiger partial charge in [0.05, 0.1) is 33.1 Å². The number of nitrogens with zero attached hydrogens (tertiary/aromatic N) is 4. The molecule has 0 N–H and O–H groups in total. The number of rotatable bonds is 1. The molecule has 0 saturated heterocycles. The van der Waals surface area contributed by atoms with Crippen LogP contribution in [0.1, 0.15) is 0 Å². The molecule has 5 heterocycles. The first-order chi connectivity index (χ1) is 21.3. The number of hydrogen-bond donors (Lipinski definition) is 0. The summed E-state index contributed by atoms with van der Waals surface area (Å²) in [6.45, 7) is 0. The van der Waals surface area contributed by atoms with Gasteiger partial charge in [-0.15, -0.1) is 0 Å². The molecular weight excluding hydrogens is 528 g/mol. The van der Waals surface area contributed by atoms with E-state index in [1.165, 1.54) is 32.6 Å². The molecule has 0 spiro atoms. The third kappa shape index (κ3) is 2.59. The Morgan fingerprint density at radius 3 is 2.12 bits per heavy atom. The van der Waals surface area contributed by atoms with Crippen LogP contribution in [0.5, 0.6) is 0 Å². The number of hydrogen-bond acceptors (Lipinski definition) is 3. The highest BCUT2D eigenvalue weighted by Gasteiger charge is 2.24. The Morgan fingerprint density at radius 1 is 0.488 bits per heavy atom. The minimum Gasteiger partial charge on any atom is -0.456 e. The van der Waals surface area contributed by atoms with Gasteiger partial charge in [-0.1, -0.05) is 72.8 Å². The molecule has 0 amide bonds. The van der Waals surface area contributed by atoms with Crippen molar-refractivity contribution in [1.29, 1.82) is 0 Å². The molecule has 0 aliphatic carbocycles. The van der Waals surface area contributed by atoms with E-state index in [0.717, 1.165) is 66.2 Å². The molecule has 43 heavy (non-hydrogen) atoms. The molecule has 0 bridgehead atoms. The summed E-state index contributed by atoms with van der Waals surface area (Å²) < 4.78 is 11.0. The summed E-state index contributed by atoms with van der Waals surface area (Å²) >= 11 is 0. The molecule has 198 valence electrons. The number of para-hydroxylation sites is 5. The Balaban J connectivity index is 1.34. The van der Waals surface area contributed by atoms with Crippen molar-refractivity contribution in [2.75, 3.05) is 0 Å². The molecule has 5 heteroatoms. The smallest absolute Gasteiger partial charge is 0.165 e. The van der Waals surface area contributed by atoms with E-state index < -0.39 is 0 Å². The van der Waals surface area contributed by atoms with Crippen molar-refractivity contribution < 1.29 is 4.42 Å². The Hall–Kier alpha value is -5.94. The fraction of sp³-hybridized carbons (Fsp3) is 0. The predicted octanol–water partition coefficient (Wildman–Crippen LogP) is 9.78. The zero-order chi connectivity index (χ0) is 27.8. The highest BCUT2D eigenvalue weighted by Crippen LogP contribution is 2.44. The Morgan fingerprint density at radius 2 is 1.19 bits per heavy atom. The first-order valence-corrected chi connectivity index (χ1v) is 14.5. The highest BCUT2D eigenvalue weighted by atomic mass is 16.3. The topological polar surface area (TPSA) is 48.3 Å². The number of benzene rings is 6. The second-order valence-corrected chi connectivity index (χ2v) is 11.4. The Bertz CT molecular complexity index is 2960. The lowest BCUT2D eigenvalue weighted by molar-refractivity contribution is 0.668. The van der Waals surface area contributed by atoms with Gasteiger partial charge in [-0.2, -0.15) is 0 Å². The van der Waals surface area contributed by atoms with Crippen LogP contribution in [0, 0.1) is 0 Å². The van der Waals surface area contributed by atoms with E-state index in [1.54, 1.807) is 0 Å². The molecule has 0 radical (unpaired) electrons. The number of furan rings is 1. The van der Waals surface area contributed by atoms with E-state index in [4.69, 9.17) is 14.4 Å². The summed E-state index contributed by atoms with van der Waals surface area (Å²) in [4.78, 5) is 10.3. The lowest BCUT2D eigenvalue weighted by Crippen LogP contribution is -1.93. The van der Waals surface area contributed by atoms with E-state index in [1.807, 2.05) is 36.4 Å². The van der Waals surface area contributed by atoms with Gasteiger partial charge in [0.15, 0.2) is 5.65 Å². The molecule has 11 rings (SSSR count). The summed E-state index contributed by atoms with van der Waals surface area (Å²) in [7, 11) is 0. The van der Waals surface area contributed by atoms with Crippen molar-refractivity contribution in [1.82, 2.24) is 18.9 Å². The molecule has 0 saturated carbocycles. The minimum absolute atomic E-state index is 0.887. The molecule has 11 aromatic rings. The summed E-state index contributed by atoms with van der Waals surface area (Å²) in [6.07, 6.45) is 0. The molecular formula is C38H20N4O. The molecule has 0 aliphatic heterocycles. The number of aromatic nitrogens is 4. The van der Waals surface area contributed by atoms with Gasteiger partial charge in [0, 0.05) is 49.5 Å². The van der Waals surface area contributed by atoms with Gasteiger partial charge < -0.3 is 8.98 Å². The van der Waals surface area contributed by atoms with Crippen molar-refractivity contribution in [2.45, 2.75) is 0 Å². The quantitative estimate of drug-likeness (QED) is 0.205. The van der Waals surface area contributed by atoms with Crippen LogP contribution in [0.4, 0.5) is 0 Å². The van der Waals surface area contributed by atoms with Gasteiger partial charge in [0.25, 0.3) is 0 Å². The van der Waals surface area contributed by atoms with Crippen molar-refractivity contribution in [3.63, 3.8) is 0 Å². The summed E-state index contributed by atoms with van der Waals surface area (Å²) in [6, 6.07) is 42.7. The van der Waals surface area contributed by atoms with Crippen LogP contribution in [-0.2, 0) is 0 Å². The second-order valence-electron chi connectivity index (χ2n) is 11.4. The largest absolute Gasteiger partial charge is 0.456 e. The van der Waals surface area contributed by atoms with Gasteiger partial charge in [0.2, 0.25) is 0 Å². The maximum absolute atomic E-state index is 6.31. The fourth-order valence-electron chi connectivity index (χ4n) is 7.47. The van der Waals surface area contributed by atoms with Crippen LogP contribution in [0.2, 0.25) is 0 Å². The van der Waals surface area contributed by atoms with Crippen LogP contribution >= 0.6 is 0 Å². The predicted molar refractivity (Wildman–Crippen MR) is 176 cm³/mol. The highest BCUT2D eigenvalue weighted by molar-refractivity contribution is 6.30. The van der Waals surface area contributed by atoms with Gasteiger partial charge >= 0.3 is 0 Å². The summed E-state index contributed by atoms with van der Waals surface area (Å²) in [5.74, 6) is 0. The fourth-order valence-corrected chi connectivity index (χ4v) is 7.47. The van der Waals surface area contributed by atoms with E-state index in [2.05, 4.69) is 93.9 Å². The maximum Gasteiger partial charge on any atom is 0.165 e. The second kappa shape index (κ2) is 7.46. The first kappa shape index (κ1) is 21.8. The average Bonchev–Trinajstić information content (AvgIpc) is 3.78. The van der Waals surface area contributed by atoms with E-state index in [9.17, 15) is 0 Å². The van der Waals surface area contributed by atoms with Crippen LogP contribution < -0.4 is 0 Å². The zero-order valence-corrected chi connectivity index (χ0v) is 22.7. The lowest BCUT2D eigenvalue weighted by atomic mass is 10.1. The van der Waals surface area contributed by atoms with Crippen molar-refractivity contribution in [2.24, 2.45) is 0 Å². The first-order valence-electron chi connectivity index (χ1n) is 14.5. The lowest BCUT2D eigenvalue weighted by Gasteiger charge is -2.08. The van der Waals surface area contributed by atoms with Crippen molar-refractivity contribution in [3.8, 4) is 5.69 Å². The Kier molecular flexibility index (Phi) is 3.78. The normalized spacial score (nSPS) is 12.7. The number of fused-ring (bicyclic) bond motifs is 14. The molecule has 5 nitrogen and oxygen atoms in total. The molecule has 0 aliphatic rings. The minimum atomic E-state index is 0.887. The monoisotopic (exact) mass is 548 g/mol. The average molecular weight is 549 g/mol. The van der Waals surface area contributed by atoms with Crippen LogP contribution in [0.3, 0.4) is 0 Å². The Labute approximate surface area is 243 Å². The third-order valence-electron chi connectivity index (χ3n) is 9.22. The van der Waals surface area contributed by atoms with Gasteiger partial charge in [-0.25, -0.2) is 9.97 Å². The van der Waals surface area contributed by atoms with E-state index in [-0.39, 0.29) is 0 Å². The van der Waals surface area contributed by atoms with Gasteiger partial charge in [-0.3, -0.25) is 4.40 Å². The third-order valence-corrected chi connectivity index (χ3v) is 9.22. The van der Waals surface area contributed by atoms with Crippen LogP contribution in [0.15, 0.2) is 126 Å². The molecule has 0 unspecified atom stereocenters. The molecule has 0 atom stereocenters. The van der Waals surface area contributed by atoms with Crippen molar-refractivity contribution in [3.05, 3.63) is 121 Å². The maximum atomic E-state index is 6.31. The van der Waals surface area contributed by atoms with Crippen LogP contribution in [0.25, 0.3) is 98.8 Å². The van der Waals surface area contributed by atoms with E-state index in [0.29, 0.717) is 0 Å². The summed E-state index contributed by atoms with van der Waals surface area (Å²) in [5, 5.41) is 8.26. The zero-order valence-electron chi connectivity index (χ0n) is 22.7. The SMILES string of the molecule is c1ccc2nc3c(nc2c1)c1cccc2c4ccc5c(c6ccccc6n5-c5ccc6c(c5)oc5ccccc56)c4n3c21. The molecule has 0 fully saturated rings. The standard InChI is InChI=1S/C38H20N4O/c1-5-14-30-26(9-1)34-31(41(30)21-16-17-23-22-8-2-6-15-32(22)43-33(23)20-21)19-18-25-24-10-7-11-27-35-38(42(36(24)27)37(25)34)40-29-13-4-3-12-28(29)39-35/h1-20H. The van der Waals surface area contributed by atoms with Crippen LogP contribution in [-0.4, -0.2) is 18.9 Å². The van der Waals surface area contributed by atoms with Crippen molar-refractivity contribution >= 4 is 93.1 Å². The van der Waals surface area contributed by atoms with Gasteiger partial charge in [0.1, 0.15) is 16.7 Å². The van der Waals surface area contributed by atoms with Gasteiger partial charge in [-0.05, 0) is 42.5 Å². The molecule has 6 aromatic carbocycles. The summed E-state index contributed by atoms with van der Waals surface area (Å²) in [5.41, 5.74) is 11.2. The van der Waals surface area contributed by atoms with E-state index >= 15 is 0 Å².